The molecule has 0 radical (unpaired) electrons. The van der Waals surface area contributed by atoms with E-state index in [0.29, 0.717) is 11.8 Å². The highest BCUT2D eigenvalue weighted by Crippen LogP contribution is 2.56. The second kappa shape index (κ2) is 30.6. The second-order valence-corrected chi connectivity index (χ2v) is 37.1. The van der Waals surface area contributed by atoms with Crippen LogP contribution < -0.4 is 19.6 Å². The normalized spacial score (nSPS) is 13.7. The molecule has 0 spiro atoms. The fraction of sp³-hybridized carbons (Fsp3) is 0.200. The molecule has 2 saturated carbocycles. The van der Waals surface area contributed by atoms with Crippen LogP contribution in [0.1, 0.15) is 159 Å². The summed E-state index contributed by atoms with van der Waals surface area (Å²) < 4.78 is 0. The largest absolute Gasteiger partial charge is 0.309 e. The third-order valence-electron chi connectivity index (χ3n) is 28.7. The van der Waals surface area contributed by atoms with E-state index in [1.165, 1.54) is 318 Å². The van der Waals surface area contributed by atoms with E-state index in [1.54, 1.807) is 0 Å². The zero-order valence-electron chi connectivity index (χ0n) is 73.5. The van der Waals surface area contributed by atoms with Crippen molar-refractivity contribution in [1.82, 2.24) is 0 Å². The lowest BCUT2D eigenvalue weighted by atomic mass is 9.84. The van der Waals surface area contributed by atoms with E-state index >= 15 is 0 Å². The quantitative estimate of drug-likeness (QED) is 0.0894. The topological polar surface area (TPSA) is 13.0 Å². The van der Waals surface area contributed by atoms with Crippen LogP contribution in [0.2, 0.25) is 0 Å². The molecular weight excluding hydrogens is 1500 g/mol. The first-order valence-electron chi connectivity index (χ1n) is 45.5. The van der Waals surface area contributed by atoms with Gasteiger partial charge in [-0.1, -0.05) is 273 Å². The number of hydrogen-bond acceptors (Lipinski definition) is 4. The fourth-order valence-electron chi connectivity index (χ4n) is 22.5. The van der Waals surface area contributed by atoms with Gasteiger partial charge in [-0.15, -0.1) is 0 Å². The molecule has 606 valence electrons. The van der Waals surface area contributed by atoms with Crippen molar-refractivity contribution in [1.29, 1.82) is 0 Å². The molecule has 4 heteroatoms. The van der Waals surface area contributed by atoms with Gasteiger partial charge in [-0.25, -0.2) is 0 Å². The van der Waals surface area contributed by atoms with Crippen LogP contribution in [0.25, 0.3) is 108 Å². The van der Waals surface area contributed by atoms with Gasteiger partial charge >= 0.3 is 0 Å². The van der Waals surface area contributed by atoms with Crippen LogP contribution in [0.15, 0.2) is 297 Å². The summed E-state index contributed by atoms with van der Waals surface area (Å²) in [7, 11) is 0. The van der Waals surface area contributed by atoms with Crippen molar-refractivity contribution >= 4 is 176 Å². The molecule has 124 heavy (non-hydrogen) atoms. The molecule has 22 rings (SSSR count). The first-order valence-corrected chi connectivity index (χ1v) is 45.5. The average molecular weight is 1600 g/mol. The van der Waals surface area contributed by atoms with Gasteiger partial charge in [0.1, 0.15) is 0 Å². The molecule has 20 aromatic rings. The van der Waals surface area contributed by atoms with Crippen molar-refractivity contribution < 1.29 is 0 Å². The van der Waals surface area contributed by atoms with Gasteiger partial charge in [0.15, 0.2) is 0 Å². The van der Waals surface area contributed by atoms with Crippen LogP contribution >= 0.6 is 0 Å². The second-order valence-electron chi connectivity index (χ2n) is 37.1. The van der Waals surface area contributed by atoms with Gasteiger partial charge in [0.05, 0.1) is 45.5 Å². The molecule has 2 aliphatic rings. The third-order valence-corrected chi connectivity index (χ3v) is 28.7. The number of aryl methyl sites for hydroxylation is 11. The summed E-state index contributed by atoms with van der Waals surface area (Å²) in [5, 5.41) is 24.9. The number of hydrogen-bond donors (Lipinski definition) is 0. The molecule has 0 atom stereocenters. The summed E-state index contributed by atoms with van der Waals surface area (Å²) in [5.41, 5.74) is 33.5. The Kier molecular flexibility index (Phi) is 19.0. The van der Waals surface area contributed by atoms with Crippen molar-refractivity contribution in [2.75, 3.05) is 19.6 Å². The Hall–Kier alpha value is -13.3. The molecule has 20 aromatic carbocycles. The first kappa shape index (κ1) is 76.8. The third kappa shape index (κ3) is 13.0. The molecule has 0 aromatic heterocycles. The van der Waals surface area contributed by atoms with Crippen LogP contribution in [0.4, 0.5) is 68.2 Å². The Balaban J connectivity index is 0.677. The lowest BCUT2D eigenvalue weighted by Crippen LogP contribution is -2.15. The molecule has 0 aliphatic heterocycles. The average Bonchev–Trinajstić information content (AvgIpc) is 0.716. The summed E-state index contributed by atoms with van der Waals surface area (Å²) >= 11 is 0. The standard InChI is InChI=1S/C120H106N4/c1-72-24-58-107(81(10)64-72)123(119-78(7)27-34-89-32-23-75(4)67-104(89)119)111-62-48-93-45-57-102-112(63-49-94-44-56-101(111)115(93)116(94)102)124(108-59-25-73(2)65-82(108)11)120-79(8)28-35-90-37-30-83(70-106(90)120)69-96-71-95-36-29-77(6)118(105(95)68-80(96)9)122(98-52-40-87(41-53-98)85-20-16-13-17-21-85)110-61-47-92-42-54-99-109(60-46-91-43-55-100(110)114(92)113(91)99)121(97-50-38-86(39-51-97)84-18-14-12-15-19-84)117-76(5)26-33-88-31-22-74(3)66-103(88)117/h22-68,70-71,84-85H,12-21,69H2,1-11H3. The molecule has 2 aliphatic carbocycles. The van der Waals surface area contributed by atoms with E-state index < -0.39 is 0 Å². The van der Waals surface area contributed by atoms with Crippen molar-refractivity contribution in [3.05, 3.63) is 381 Å². The van der Waals surface area contributed by atoms with Gasteiger partial charge in [0.2, 0.25) is 0 Å². The van der Waals surface area contributed by atoms with Gasteiger partial charge in [0.25, 0.3) is 0 Å². The van der Waals surface area contributed by atoms with Crippen LogP contribution in [0, 0.1) is 76.2 Å². The Morgan fingerprint density at radius 2 is 0.508 bits per heavy atom. The Bertz CT molecular complexity index is 7670. The smallest absolute Gasteiger partial charge is 0.0569 e. The summed E-state index contributed by atoms with van der Waals surface area (Å²) in [6, 6.07) is 117. The maximum atomic E-state index is 2.64. The zero-order valence-corrected chi connectivity index (χ0v) is 73.5. The highest BCUT2D eigenvalue weighted by molar-refractivity contribution is 6.31. The molecule has 0 amide bonds. The number of anilines is 12. The van der Waals surface area contributed by atoms with E-state index in [4.69, 9.17) is 0 Å². The van der Waals surface area contributed by atoms with E-state index in [2.05, 4.69) is 393 Å². The Morgan fingerprint density at radius 3 is 0.895 bits per heavy atom. The maximum absolute atomic E-state index is 2.64. The summed E-state index contributed by atoms with van der Waals surface area (Å²) in [4.78, 5) is 10.4. The minimum atomic E-state index is 0.587. The van der Waals surface area contributed by atoms with Gasteiger partial charge in [0, 0.05) is 65.8 Å². The molecule has 0 heterocycles. The molecule has 2 fully saturated rings. The Morgan fingerprint density at radius 1 is 0.210 bits per heavy atom. The van der Waals surface area contributed by atoms with Crippen LogP contribution in [-0.4, -0.2) is 0 Å². The maximum Gasteiger partial charge on any atom is 0.0569 e. The lowest BCUT2D eigenvalue weighted by molar-refractivity contribution is 0.443. The van der Waals surface area contributed by atoms with Gasteiger partial charge in [-0.05, 0) is 331 Å². The monoisotopic (exact) mass is 1600 g/mol. The first-order chi connectivity index (χ1) is 60.5. The van der Waals surface area contributed by atoms with E-state index in [-0.39, 0.29) is 0 Å². The van der Waals surface area contributed by atoms with Gasteiger partial charge < -0.3 is 19.6 Å². The lowest BCUT2D eigenvalue weighted by Gasteiger charge is -2.33. The number of benzene rings is 20. The van der Waals surface area contributed by atoms with Gasteiger partial charge in [-0.2, -0.15) is 0 Å². The van der Waals surface area contributed by atoms with Crippen molar-refractivity contribution in [2.45, 2.75) is 159 Å². The molecule has 0 saturated heterocycles. The Labute approximate surface area is 730 Å². The fourth-order valence-corrected chi connectivity index (χ4v) is 22.5. The number of fused-ring (bicyclic) bond motifs is 4. The van der Waals surface area contributed by atoms with Crippen LogP contribution in [-0.2, 0) is 6.42 Å². The van der Waals surface area contributed by atoms with Crippen LogP contribution in [0.3, 0.4) is 0 Å². The molecule has 0 N–H and O–H groups in total. The number of rotatable bonds is 16. The van der Waals surface area contributed by atoms with E-state index in [9.17, 15) is 0 Å². The summed E-state index contributed by atoms with van der Waals surface area (Å²) in [6.45, 7) is 25.0. The predicted octanol–water partition coefficient (Wildman–Crippen LogP) is 35.1. The highest BCUT2D eigenvalue weighted by Gasteiger charge is 2.31. The molecule has 4 nitrogen and oxygen atoms in total. The molecular formula is C120H106N4. The number of nitrogens with zero attached hydrogens (tertiary/aromatic N) is 4. The van der Waals surface area contributed by atoms with Crippen molar-refractivity contribution in [3.63, 3.8) is 0 Å². The van der Waals surface area contributed by atoms with Crippen LogP contribution in [0.5, 0.6) is 0 Å². The van der Waals surface area contributed by atoms with E-state index in [1.807, 2.05) is 0 Å². The molecule has 0 unspecified atom stereocenters. The summed E-state index contributed by atoms with van der Waals surface area (Å²) in [5.74, 6) is 1.20. The van der Waals surface area contributed by atoms with Crippen molar-refractivity contribution in [2.24, 2.45) is 0 Å². The van der Waals surface area contributed by atoms with E-state index in [0.717, 1.165) is 12.1 Å². The SMILES string of the molecule is Cc1ccc(N(c2c(C)ccc3ccc(C)cc23)c2ccc3ccc4c(N(c5ccc(C)cc5C)c5c(C)ccc6ccc(Cc7cc8ccc(C)c(N(c9ccc(C%10CCCCC%10)cc9)c9ccc%10ccc%11c(N(c%12ccc(C%13CCCCC%13)cc%12)c%12c(C)ccc%13ccc(C)cc%12%13)ccc%12ccc9c%10c%12%11)c8cc7C)cc56)ccc5ccc2c3c54)c(C)c1. The zero-order chi connectivity index (χ0) is 84.0. The minimum absolute atomic E-state index is 0.587. The van der Waals surface area contributed by atoms with Crippen molar-refractivity contribution in [3.8, 4) is 0 Å². The minimum Gasteiger partial charge on any atom is -0.309 e. The summed E-state index contributed by atoms with van der Waals surface area (Å²) in [6.07, 6.45) is 13.7. The molecule has 0 bridgehead atoms. The predicted molar refractivity (Wildman–Crippen MR) is 536 cm³/mol. The van der Waals surface area contributed by atoms with Gasteiger partial charge in [-0.3, -0.25) is 0 Å². The highest BCUT2D eigenvalue weighted by atomic mass is 15.2.